The smallest absolute Gasteiger partial charge is 0.201 e. The number of phenols is 2. The van der Waals surface area contributed by atoms with Crippen LogP contribution in [0, 0.1) is 6.92 Å². The van der Waals surface area contributed by atoms with E-state index in [1.807, 2.05) is 31.2 Å². The molecule has 5 nitrogen and oxygen atoms in total. The van der Waals surface area contributed by atoms with Crippen molar-refractivity contribution in [3.8, 4) is 11.5 Å². The fraction of sp³-hybridized carbons (Fsp3) is 0.350. The van der Waals surface area contributed by atoms with Crippen molar-refractivity contribution in [3.63, 3.8) is 0 Å². The number of ether oxygens (including phenoxy) is 2. The summed E-state index contributed by atoms with van der Waals surface area (Å²) in [6.07, 6.45) is 1.09. The number of aromatic hydroxyl groups is 2. The lowest BCUT2D eigenvalue weighted by molar-refractivity contribution is -0.222. The Morgan fingerprint density at radius 2 is 1.56 bits per heavy atom. The Labute approximate surface area is 147 Å². The van der Waals surface area contributed by atoms with Crippen LogP contribution in [0.5, 0.6) is 11.5 Å². The van der Waals surface area contributed by atoms with E-state index in [-0.39, 0.29) is 22.8 Å². The summed E-state index contributed by atoms with van der Waals surface area (Å²) in [6, 6.07) is 11.9. The second kappa shape index (κ2) is 8.14. The summed E-state index contributed by atoms with van der Waals surface area (Å²) in [5, 5.41) is 20.2. The summed E-state index contributed by atoms with van der Waals surface area (Å²) < 4.78 is 11.0. The Morgan fingerprint density at radius 3 is 2.08 bits per heavy atom. The van der Waals surface area contributed by atoms with Crippen LogP contribution in [0.25, 0.3) is 0 Å². The second-order valence-electron chi connectivity index (χ2n) is 5.98. The molecule has 5 heteroatoms. The van der Waals surface area contributed by atoms with Gasteiger partial charge in [0.05, 0.1) is 5.56 Å². The highest BCUT2D eigenvalue weighted by molar-refractivity contribution is 5.96. The van der Waals surface area contributed by atoms with Gasteiger partial charge in [0.1, 0.15) is 11.5 Å². The Morgan fingerprint density at radius 1 is 1.00 bits per heavy atom. The lowest BCUT2D eigenvalue weighted by Gasteiger charge is -2.32. The zero-order valence-corrected chi connectivity index (χ0v) is 14.8. The number of rotatable bonds is 8. The Balaban J connectivity index is 2.12. The molecule has 2 rings (SSSR count). The molecular weight excluding hydrogens is 320 g/mol. The van der Waals surface area contributed by atoms with Crippen LogP contribution in [-0.4, -0.2) is 30.2 Å². The molecule has 0 amide bonds. The summed E-state index contributed by atoms with van der Waals surface area (Å²) in [5.41, 5.74) is 1.93. The fourth-order valence-electron chi connectivity index (χ4n) is 2.90. The summed E-state index contributed by atoms with van der Waals surface area (Å²) in [5.74, 6) is -1.52. The van der Waals surface area contributed by atoms with Gasteiger partial charge in [0.25, 0.3) is 0 Å². The van der Waals surface area contributed by atoms with Gasteiger partial charge in [0.15, 0.2) is 5.78 Å². The molecule has 0 spiro atoms. The largest absolute Gasteiger partial charge is 0.507 e. The van der Waals surface area contributed by atoms with Crippen molar-refractivity contribution < 1.29 is 24.5 Å². The molecule has 25 heavy (non-hydrogen) atoms. The molecule has 0 atom stereocenters. The third kappa shape index (κ3) is 4.18. The van der Waals surface area contributed by atoms with E-state index in [2.05, 4.69) is 0 Å². The average molecular weight is 344 g/mol. The van der Waals surface area contributed by atoms with E-state index in [1.165, 1.54) is 32.4 Å². The van der Waals surface area contributed by atoms with Crippen molar-refractivity contribution in [2.24, 2.45) is 0 Å². The number of hydrogen-bond donors (Lipinski definition) is 2. The molecule has 0 bridgehead atoms. The van der Waals surface area contributed by atoms with Crippen molar-refractivity contribution in [3.05, 3.63) is 59.2 Å². The number of hydrogen-bond acceptors (Lipinski definition) is 5. The predicted octanol–water partition coefficient (Wildman–Crippen LogP) is 3.91. The van der Waals surface area contributed by atoms with Crippen LogP contribution < -0.4 is 0 Å². The first-order chi connectivity index (χ1) is 11.9. The number of ketones is 1. The molecule has 0 fully saturated rings. The molecule has 2 aromatic carbocycles. The summed E-state index contributed by atoms with van der Waals surface area (Å²) >= 11 is 0. The molecule has 0 unspecified atom stereocenters. The van der Waals surface area contributed by atoms with Gasteiger partial charge in [0, 0.05) is 32.6 Å². The van der Waals surface area contributed by atoms with Crippen LogP contribution in [0.2, 0.25) is 0 Å². The minimum Gasteiger partial charge on any atom is -0.507 e. The molecule has 0 saturated carbocycles. The maximum absolute atomic E-state index is 12.3. The lowest BCUT2D eigenvalue weighted by atomic mass is 9.95. The van der Waals surface area contributed by atoms with Gasteiger partial charge in [-0.3, -0.25) is 4.79 Å². The number of methoxy groups -OCH3 is 2. The van der Waals surface area contributed by atoms with Crippen LogP contribution >= 0.6 is 0 Å². The first-order valence-corrected chi connectivity index (χ1v) is 8.15. The van der Waals surface area contributed by atoms with Crippen LogP contribution in [0.3, 0.4) is 0 Å². The van der Waals surface area contributed by atoms with Gasteiger partial charge in [0.2, 0.25) is 5.79 Å². The fourth-order valence-corrected chi connectivity index (χ4v) is 2.90. The number of aryl methyl sites for hydroxylation is 1. The first kappa shape index (κ1) is 19.0. The number of carbonyl (C=O) groups is 1. The van der Waals surface area contributed by atoms with Gasteiger partial charge in [-0.15, -0.1) is 0 Å². The zero-order chi connectivity index (χ0) is 18.4. The van der Waals surface area contributed by atoms with E-state index in [0.717, 1.165) is 5.56 Å². The quantitative estimate of drug-likeness (QED) is 0.561. The van der Waals surface area contributed by atoms with Crippen molar-refractivity contribution in [2.45, 2.75) is 32.0 Å². The molecule has 134 valence electrons. The van der Waals surface area contributed by atoms with Gasteiger partial charge < -0.3 is 19.7 Å². The highest BCUT2D eigenvalue weighted by Gasteiger charge is 2.37. The first-order valence-electron chi connectivity index (χ1n) is 8.15. The second-order valence-corrected chi connectivity index (χ2v) is 5.98. The number of carbonyl (C=O) groups excluding carboxylic acids is 1. The lowest BCUT2D eigenvalue weighted by Crippen LogP contribution is -2.31. The van der Waals surface area contributed by atoms with E-state index in [1.54, 1.807) is 0 Å². The SMILES string of the molecule is COC(CCCC(=O)c1ccc(C)cc1)(OC)c1c(O)cccc1O. The molecule has 0 aromatic heterocycles. The van der Waals surface area contributed by atoms with Crippen LogP contribution in [0.4, 0.5) is 0 Å². The van der Waals surface area contributed by atoms with Crippen molar-refractivity contribution in [1.82, 2.24) is 0 Å². The summed E-state index contributed by atoms with van der Waals surface area (Å²) in [6.45, 7) is 1.97. The van der Waals surface area contributed by atoms with Gasteiger partial charge in [-0.1, -0.05) is 35.9 Å². The zero-order valence-electron chi connectivity index (χ0n) is 14.8. The Bertz CT molecular complexity index is 697. The third-order valence-corrected chi connectivity index (χ3v) is 4.34. The van der Waals surface area contributed by atoms with Gasteiger partial charge in [-0.2, -0.15) is 0 Å². The Kier molecular flexibility index (Phi) is 6.17. The van der Waals surface area contributed by atoms with Crippen molar-refractivity contribution >= 4 is 5.78 Å². The molecular formula is C20H24O5. The Hall–Kier alpha value is -2.37. The number of Topliss-reactive ketones (excluding diaryl/α,β-unsaturated/α-hetero) is 1. The minimum absolute atomic E-state index is 0.0302. The maximum Gasteiger partial charge on any atom is 0.201 e. The van der Waals surface area contributed by atoms with Crippen LogP contribution in [-0.2, 0) is 15.3 Å². The standard InChI is InChI=1S/C20H24O5/c1-14-9-11-15(12-10-14)16(21)8-5-13-20(24-2,25-3)19-17(22)6-4-7-18(19)23/h4,6-7,9-12,22-23H,5,8,13H2,1-3H3. The molecule has 0 saturated heterocycles. The molecule has 0 aliphatic heterocycles. The van der Waals surface area contributed by atoms with Crippen LogP contribution in [0.1, 0.15) is 40.7 Å². The van der Waals surface area contributed by atoms with Crippen molar-refractivity contribution in [2.75, 3.05) is 14.2 Å². The molecule has 0 heterocycles. The average Bonchev–Trinajstić information content (AvgIpc) is 2.60. The molecule has 2 aromatic rings. The van der Waals surface area contributed by atoms with E-state index >= 15 is 0 Å². The third-order valence-electron chi connectivity index (χ3n) is 4.34. The molecule has 2 N–H and O–H groups in total. The van der Waals surface area contributed by atoms with Crippen molar-refractivity contribution in [1.29, 1.82) is 0 Å². The summed E-state index contributed by atoms with van der Waals surface area (Å²) in [4.78, 5) is 12.3. The predicted molar refractivity (Wildman–Crippen MR) is 94.8 cm³/mol. The number of benzene rings is 2. The molecule has 0 aliphatic carbocycles. The van der Waals surface area contributed by atoms with E-state index in [4.69, 9.17) is 9.47 Å². The summed E-state index contributed by atoms with van der Waals surface area (Å²) in [7, 11) is 2.88. The molecule has 0 radical (unpaired) electrons. The van der Waals surface area contributed by atoms with E-state index in [0.29, 0.717) is 24.8 Å². The normalized spacial score (nSPS) is 11.5. The minimum atomic E-state index is -1.32. The highest BCUT2D eigenvalue weighted by Crippen LogP contribution is 2.42. The van der Waals surface area contributed by atoms with E-state index < -0.39 is 5.79 Å². The molecule has 0 aliphatic rings. The van der Waals surface area contributed by atoms with Gasteiger partial charge in [-0.05, 0) is 25.5 Å². The van der Waals surface area contributed by atoms with Crippen LogP contribution in [0.15, 0.2) is 42.5 Å². The highest BCUT2D eigenvalue weighted by atomic mass is 16.7. The number of phenolic OH excluding ortho intramolecular Hbond substituents is 2. The monoisotopic (exact) mass is 344 g/mol. The van der Waals surface area contributed by atoms with E-state index in [9.17, 15) is 15.0 Å². The topological polar surface area (TPSA) is 76.0 Å². The van der Waals surface area contributed by atoms with Gasteiger partial charge in [-0.25, -0.2) is 0 Å². The van der Waals surface area contributed by atoms with Gasteiger partial charge >= 0.3 is 0 Å². The maximum atomic E-state index is 12.3.